The Kier molecular flexibility index (Phi) is 3.08. The highest BCUT2D eigenvalue weighted by Gasteiger charge is 2.26. The van der Waals surface area contributed by atoms with Gasteiger partial charge in [-0.3, -0.25) is 0 Å². The minimum absolute atomic E-state index is 0.211. The van der Waals surface area contributed by atoms with Crippen LogP contribution in [-0.4, -0.2) is 16.6 Å². The first-order valence-corrected chi connectivity index (χ1v) is 7.90. The topological polar surface area (TPSA) is 47.1 Å². The van der Waals surface area contributed by atoms with Crippen LogP contribution in [0, 0.1) is 27.7 Å². The predicted octanol–water partition coefficient (Wildman–Crippen LogP) is 4.31. The Bertz CT molecular complexity index is 866. The van der Waals surface area contributed by atoms with Crippen molar-refractivity contribution in [3.63, 3.8) is 0 Å². The minimum Gasteiger partial charge on any atom is -0.485 e. The maximum absolute atomic E-state index is 6.07. The Morgan fingerprint density at radius 1 is 0.957 bits per heavy atom. The molecule has 1 aliphatic rings. The molecule has 1 N–H and O–H groups in total. The number of rotatable bonds is 1. The van der Waals surface area contributed by atoms with Gasteiger partial charge in [0, 0.05) is 0 Å². The number of aromatic nitrogens is 2. The van der Waals surface area contributed by atoms with Crippen LogP contribution in [0.2, 0.25) is 0 Å². The molecule has 0 fully saturated rings. The number of nitrogens with zero attached hydrogens (tertiary/aromatic N) is 1. The fourth-order valence-corrected chi connectivity index (χ4v) is 3.17. The molecule has 23 heavy (non-hydrogen) atoms. The van der Waals surface area contributed by atoms with E-state index in [1.165, 1.54) is 22.3 Å². The Morgan fingerprint density at radius 2 is 1.65 bits per heavy atom. The van der Waals surface area contributed by atoms with Gasteiger partial charge in [-0.25, -0.2) is 4.98 Å². The number of hydrogen-bond donors (Lipinski definition) is 1. The van der Waals surface area contributed by atoms with E-state index < -0.39 is 0 Å². The second-order valence-corrected chi connectivity index (χ2v) is 6.21. The predicted molar refractivity (Wildman–Crippen MR) is 90.3 cm³/mol. The number of hydrogen-bond acceptors (Lipinski definition) is 3. The first-order chi connectivity index (χ1) is 11.1. The van der Waals surface area contributed by atoms with Gasteiger partial charge in [0.1, 0.15) is 6.61 Å². The van der Waals surface area contributed by atoms with E-state index in [0.29, 0.717) is 6.61 Å². The van der Waals surface area contributed by atoms with Gasteiger partial charge >= 0.3 is 0 Å². The lowest BCUT2D eigenvalue weighted by atomic mass is 9.98. The molecule has 0 saturated heterocycles. The molecule has 4 nitrogen and oxygen atoms in total. The molecule has 0 aliphatic carbocycles. The summed E-state index contributed by atoms with van der Waals surface area (Å²) in [7, 11) is 0. The second-order valence-electron chi connectivity index (χ2n) is 6.21. The molecule has 0 spiro atoms. The molecule has 118 valence electrons. The third-order valence-electron chi connectivity index (χ3n) is 4.95. The normalized spacial score (nSPS) is 16.8. The van der Waals surface area contributed by atoms with Gasteiger partial charge < -0.3 is 14.5 Å². The number of para-hydroxylation sites is 2. The molecule has 0 amide bonds. The summed E-state index contributed by atoms with van der Waals surface area (Å²) in [4.78, 5) is 8.27. The quantitative estimate of drug-likeness (QED) is 0.728. The highest BCUT2D eigenvalue weighted by Crippen LogP contribution is 2.36. The Labute approximate surface area is 135 Å². The van der Waals surface area contributed by atoms with E-state index in [0.717, 1.165) is 28.4 Å². The lowest BCUT2D eigenvalue weighted by Crippen LogP contribution is -2.22. The number of benzene rings is 2. The largest absolute Gasteiger partial charge is 0.485 e. The molecule has 4 heteroatoms. The van der Waals surface area contributed by atoms with E-state index in [4.69, 9.17) is 14.5 Å². The monoisotopic (exact) mass is 308 g/mol. The maximum Gasteiger partial charge on any atom is 0.190 e. The first kappa shape index (κ1) is 14.1. The molecule has 2 heterocycles. The molecule has 0 saturated carbocycles. The summed E-state index contributed by atoms with van der Waals surface area (Å²) in [5, 5.41) is 0. The fraction of sp³-hybridized carbons (Fsp3) is 0.316. The van der Waals surface area contributed by atoms with Crippen molar-refractivity contribution < 1.29 is 9.47 Å². The van der Waals surface area contributed by atoms with E-state index in [1.54, 1.807) is 0 Å². The van der Waals surface area contributed by atoms with Gasteiger partial charge in [-0.2, -0.15) is 0 Å². The summed E-state index contributed by atoms with van der Waals surface area (Å²) in [6.07, 6.45) is -0.211. The van der Waals surface area contributed by atoms with Gasteiger partial charge in [0.25, 0.3) is 0 Å². The van der Waals surface area contributed by atoms with Crippen LogP contribution < -0.4 is 9.47 Å². The van der Waals surface area contributed by atoms with Crippen LogP contribution in [0.25, 0.3) is 11.0 Å². The molecule has 1 aromatic heterocycles. The van der Waals surface area contributed by atoms with Crippen molar-refractivity contribution in [2.45, 2.75) is 33.8 Å². The second kappa shape index (κ2) is 5.01. The molecule has 4 rings (SSSR count). The zero-order valence-corrected chi connectivity index (χ0v) is 13.9. The molecular formula is C19H20N2O2. The van der Waals surface area contributed by atoms with Crippen LogP contribution in [0.5, 0.6) is 11.5 Å². The SMILES string of the molecule is Cc1c(C)c(C)c2[nH]c(C3COc4ccccc4O3)nc2c1C. The molecule has 1 aliphatic heterocycles. The summed E-state index contributed by atoms with van der Waals surface area (Å²) in [6, 6.07) is 7.74. The van der Waals surface area contributed by atoms with Gasteiger partial charge in [0.15, 0.2) is 23.4 Å². The zero-order valence-electron chi connectivity index (χ0n) is 13.9. The smallest absolute Gasteiger partial charge is 0.190 e. The van der Waals surface area contributed by atoms with Crippen LogP contribution in [-0.2, 0) is 0 Å². The number of ether oxygens (including phenoxy) is 2. The van der Waals surface area contributed by atoms with Gasteiger partial charge in [0.05, 0.1) is 11.0 Å². The molecule has 3 aromatic rings. The number of nitrogens with one attached hydrogen (secondary N) is 1. The number of fused-ring (bicyclic) bond motifs is 2. The van der Waals surface area contributed by atoms with Gasteiger partial charge in [-0.1, -0.05) is 12.1 Å². The Balaban J connectivity index is 1.79. The van der Waals surface area contributed by atoms with E-state index in [1.807, 2.05) is 24.3 Å². The third kappa shape index (κ3) is 2.09. The summed E-state index contributed by atoms with van der Waals surface area (Å²) in [5.74, 6) is 2.38. The van der Waals surface area contributed by atoms with Crippen LogP contribution in [0.3, 0.4) is 0 Å². The van der Waals surface area contributed by atoms with Crippen molar-refractivity contribution in [2.24, 2.45) is 0 Å². The van der Waals surface area contributed by atoms with Crippen LogP contribution in [0.15, 0.2) is 24.3 Å². The van der Waals surface area contributed by atoms with Gasteiger partial charge in [0.2, 0.25) is 0 Å². The molecule has 0 radical (unpaired) electrons. The maximum atomic E-state index is 6.07. The number of H-pyrrole nitrogens is 1. The summed E-state index contributed by atoms with van der Waals surface area (Å²) in [5.41, 5.74) is 7.23. The van der Waals surface area contributed by atoms with Crippen molar-refractivity contribution in [1.29, 1.82) is 0 Å². The van der Waals surface area contributed by atoms with Crippen molar-refractivity contribution >= 4 is 11.0 Å². The summed E-state index contributed by atoms with van der Waals surface area (Å²) in [6.45, 7) is 9.05. The lowest BCUT2D eigenvalue weighted by molar-refractivity contribution is 0.0859. The van der Waals surface area contributed by atoms with Crippen molar-refractivity contribution in [3.8, 4) is 11.5 Å². The van der Waals surface area contributed by atoms with Crippen molar-refractivity contribution in [1.82, 2.24) is 9.97 Å². The van der Waals surface area contributed by atoms with Gasteiger partial charge in [-0.05, 0) is 62.1 Å². The van der Waals surface area contributed by atoms with E-state index in [2.05, 4.69) is 32.7 Å². The fourth-order valence-electron chi connectivity index (χ4n) is 3.17. The minimum atomic E-state index is -0.211. The Hall–Kier alpha value is -2.49. The molecule has 2 aromatic carbocycles. The van der Waals surface area contributed by atoms with Crippen LogP contribution in [0.4, 0.5) is 0 Å². The molecular weight excluding hydrogens is 288 g/mol. The lowest BCUT2D eigenvalue weighted by Gasteiger charge is -2.24. The van der Waals surface area contributed by atoms with Gasteiger partial charge in [-0.15, -0.1) is 0 Å². The van der Waals surface area contributed by atoms with Crippen LogP contribution >= 0.6 is 0 Å². The number of aromatic amines is 1. The zero-order chi connectivity index (χ0) is 16.1. The molecule has 0 bridgehead atoms. The van der Waals surface area contributed by atoms with Crippen molar-refractivity contribution in [2.75, 3.05) is 6.61 Å². The highest BCUT2D eigenvalue weighted by molar-refractivity contribution is 5.84. The first-order valence-electron chi connectivity index (χ1n) is 7.90. The molecule has 1 atom stereocenters. The average molecular weight is 308 g/mol. The summed E-state index contributed by atoms with van der Waals surface area (Å²) >= 11 is 0. The molecule has 1 unspecified atom stereocenters. The van der Waals surface area contributed by atoms with E-state index >= 15 is 0 Å². The van der Waals surface area contributed by atoms with E-state index in [9.17, 15) is 0 Å². The average Bonchev–Trinajstić information content (AvgIpc) is 3.03. The Morgan fingerprint density at radius 3 is 2.43 bits per heavy atom. The number of aryl methyl sites for hydroxylation is 2. The summed E-state index contributed by atoms with van der Waals surface area (Å²) < 4.78 is 11.9. The highest BCUT2D eigenvalue weighted by atomic mass is 16.6. The third-order valence-corrected chi connectivity index (χ3v) is 4.95. The van der Waals surface area contributed by atoms with Crippen LogP contribution in [0.1, 0.15) is 34.2 Å². The standard InChI is InChI=1S/C19H20N2O2/c1-10-11(2)13(4)18-17(12(10)3)20-19(21-18)16-9-22-14-7-5-6-8-15(14)23-16/h5-8,16H,9H2,1-4H3,(H,20,21). The number of imidazole rings is 1. The van der Waals surface area contributed by atoms with Crippen molar-refractivity contribution in [3.05, 3.63) is 52.3 Å². The van der Waals surface area contributed by atoms with E-state index in [-0.39, 0.29) is 6.10 Å².